The first-order valence-corrected chi connectivity index (χ1v) is 9.45. The van der Waals surface area contributed by atoms with Gasteiger partial charge < -0.3 is 25.0 Å². The molecule has 2 aromatic rings. The molecule has 0 saturated carbocycles. The molecule has 7 heteroatoms. The molecule has 0 bridgehead atoms. The highest BCUT2D eigenvalue weighted by atomic mass is 19.1. The normalized spacial score (nSPS) is 14.9. The van der Waals surface area contributed by atoms with Crippen LogP contribution in [0.4, 0.5) is 10.1 Å². The van der Waals surface area contributed by atoms with Crippen molar-refractivity contribution in [2.24, 2.45) is 10.7 Å². The molecule has 1 fully saturated rings. The average molecular weight is 386 g/mol. The summed E-state index contributed by atoms with van der Waals surface area (Å²) in [5, 5.41) is 0. The van der Waals surface area contributed by atoms with Crippen LogP contribution in [0.15, 0.2) is 47.5 Å². The summed E-state index contributed by atoms with van der Waals surface area (Å²) in [6.07, 6.45) is 0. The Hall–Kier alpha value is -2.96. The summed E-state index contributed by atoms with van der Waals surface area (Å²) in [6, 6.07) is 12.4. The Morgan fingerprint density at radius 2 is 1.79 bits per heavy atom. The van der Waals surface area contributed by atoms with E-state index >= 15 is 0 Å². The second-order valence-electron chi connectivity index (χ2n) is 6.54. The quantitative estimate of drug-likeness (QED) is 0.611. The molecule has 0 amide bonds. The second-order valence-corrected chi connectivity index (χ2v) is 6.54. The lowest BCUT2D eigenvalue weighted by Gasteiger charge is -2.36. The van der Waals surface area contributed by atoms with Gasteiger partial charge in [0.25, 0.3) is 0 Å². The zero-order chi connectivity index (χ0) is 19.9. The Kier molecular flexibility index (Phi) is 6.57. The number of guanidine groups is 1. The van der Waals surface area contributed by atoms with Crippen LogP contribution in [0.3, 0.4) is 0 Å². The number of benzene rings is 2. The van der Waals surface area contributed by atoms with Crippen LogP contribution in [0, 0.1) is 5.82 Å². The van der Waals surface area contributed by atoms with Gasteiger partial charge in [0.2, 0.25) is 0 Å². The second kappa shape index (κ2) is 9.30. The molecule has 2 aromatic carbocycles. The van der Waals surface area contributed by atoms with Crippen molar-refractivity contribution in [2.75, 3.05) is 44.8 Å². The van der Waals surface area contributed by atoms with E-state index in [2.05, 4.69) is 14.8 Å². The molecule has 1 aliphatic heterocycles. The van der Waals surface area contributed by atoms with Crippen molar-refractivity contribution in [1.82, 2.24) is 4.90 Å². The van der Waals surface area contributed by atoms with Crippen LogP contribution in [0.5, 0.6) is 11.5 Å². The largest absolute Gasteiger partial charge is 0.493 e. The minimum Gasteiger partial charge on any atom is -0.493 e. The molecule has 28 heavy (non-hydrogen) atoms. The summed E-state index contributed by atoms with van der Waals surface area (Å²) in [6.45, 7) is 6.20. The van der Waals surface area contributed by atoms with Gasteiger partial charge in [-0.15, -0.1) is 0 Å². The maximum absolute atomic E-state index is 13.1. The Bertz CT molecular complexity index is 803. The molecule has 150 valence electrons. The van der Waals surface area contributed by atoms with E-state index in [1.165, 1.54) is 12.1 Å². The van der Waals surface area contributed by atoms with Crippen molar-refractivity contribution in [3.05, 3.63) is 53.8 Å². The first-order chi connectivity index (χ1) is 13.6. The van der Waals surface area contributed by atoms with Crippen molar-refractivity contribution in [3.8, 4) is 11.5 Å². The summed E-state index contributed by atoms with van der Waals surface area (Å²) < 4.78 is 24.0. The maximum Gasteiger partial charge on any atom is 0.191 e. The predicted octanol–water partition coefficient (Wildman–Crippen LogP) is 2.87. The lowest BCUT2D eigenvalue weighted by atomic mass is 10.2. The lowest BCUT2D eigenvalue weighted by molar-refractivity contribution is 0.310. The number of anilines is 1. The highest BCUT2D eigenvalue weighted by Gasteiger charge is 2.18. The average Bonchev–Trinajstić information content (AvgIpc) is 2.73. The van der Waals surface area contributed by atoms with Gasteiger partial charge in [0.15, 0.2) is 17.5 Å². The van der Waals surface area contributed by atoms with Crippen LogP contribution in [0.1, 0.15) is 12.5 Å². The van der Waals surface area contributed by atoms with Crippen molar-refractivity contribution in [3.63, 3.8) is 0 Å². The number of hydrogen-bond donors (Lipinski definition) is 1. The number of hydrogen-bond acceptors (Lipinski definition) is 4. The van der Waals surface area contributed by atoms with Crippen molar-refractivity contribution < 1.29 is 13.9 Å². The Morgan fingerprint density at radius 1 is 1.07 bits per heavy atom. The molecule has 3 rings (SSSR count). The van der Waals surface area contributed by atoms with Crippen LogP contribution in [-0.4, -0.2) is 50.8 Å². The van der Waals surface area contributed by atoms with E-state index < -0.39 is 0 Å². The standard InChI is InChI=1S/C21H27FN4O2/c1-3-28-19-9-4-16(14-20(19)27-2)15-24-21(23)26-12-10-25(11-13-26)18-7-5-17(22)6-8-18/h4-9,14H,3,10-13,15H2,1-2H3,(H2,23,24). The predicted molar refractivity (Wildman–Crippen MR) is 110 cm³/mol. The zero-order valence-corrected chi connectivity index (χ0v) is 16.4. The molecule has 6 nitrogen and oxygen atoms in total. The summed E-state index contributed by atoms with van der Waals surface area (Å²) >= 11 is 0. The molecular weight excluding hydrogens is 359 g/mol. The van der Waals surface area contributed by atoms with Gasteiger partial charge >= 0.3 is 0 Å². The van der Waals surface area contributed by atoms with Crippen LogP contribution in [-0.2, 0) is 6.54 Å². The Labute approximate surface area is 165 Å². The lowest BCUT2D eigenvalue weighted by Crippen LogP contribution is -2.51. The van der Waals surface area contributed by atoms with E-state index in [-0.39, 0.29) is 5.82 Å². The molecule has 1 aliphatic rings. The van der Waals surface area contributed by atoms with Crippen LogP contribution in [0.2, 0.25) is 0 Å². The van der Waals surface area contributed by atoms with Crippen molar-refractivity contribution in [1.29, 1.82) is 0 Å². The number of methoxy groups -OCH3 is 1. The van der Waals surface area contributed by atoms with Gasteiger partial charge in [-0.2, -0.15) is 0 Å². The number of aliphatic imine (C=N–C) groups is 1. The molecule has 0 atom stereocenters. The first-order valence-electron chi connectivity index (χ1n) is 9.45. The van der Waals surface area contributed by atoms with E-state index in [9.17, 15) is 4.39 Å². The zero-order valence-electron chi connectivity index (χ0n) is 16.4. The fourth-order valence-electron chi connectivity index (χ4n) is 3.20. The van der Waals surface area contributed by atoms with Crippen LogP contribution in [0.25, 0.3) is 0 Å². The summed E-state index contributed by atoms with van der Waals surface area (Å²) in [5.74, 6) is 1.74. The highest BCUT2D eigenvalue weighted by molar-refractivity contribution is 5.78. The molecule has 0 radical (unpaired) electrons. The van der Waals surface area contributed by atoms with E-state index in [4.69, 9.17) is 15.2 Å². The van der Waals surface area contributed by atoms with E-state index in [0.29, 0.717) is 24.9 Å². The van der Waals surface area contributed by atoms with Gasteiger partial charge in [0, 0.05) is 31.9 Å². The van der Waals surface area contributed by atoms with Gasteiger partial charge in [-0.25, -0.2) is 9.38 Å². The Morgan fingerprint density at radius 3 is 2.43 bits per heavy atom. The van der Waals surface area contributed by atoms with Crippen molar-refractivity contribution >= 4 is 11.6 Å². The number of halogens is 1. The molecule has 0 aromatic heterocycles. The van der Waals surface area contributed by atoms with E-state index in [0.717, 1.165) is 43.2 Å². The van der Waals surface area contributed by atoms with Gasteiger partial charge in [0.05, 0.1) is 20.3 Å². The third-order valence-electron chi connectivity index (χ3n) is 4.75. The highest BCUT2D eigenvalue weighted by Crippen LogP contribution is 2.28. The van der Waals surface area contributed by atoms with Gasteiger partial charge in [-0.1, -0.05) is 6.07 Å². The van der Waals surface area contributed by atoms with E-state index in [1.54, 1.807) is 7.11 Å². The van der Waals surface area contributed by atoms with Gasteiger partial charge in [0.1, 0.15) is 5.82 Å². The molecule has 1 saturated heterocycles. The number of nitrogens with zero attached hydrogens (tertiary/aromatic N) is 3. The molecule has 0 unspecified atom stereocenters. The van der Waals surface area contributed by atoms with Crippen LogP contribution >= 0.6 is 0 Å². The number of nitrogens with two attached hydrogens (primary N) is 1. The minimum atomic E-state index is -0.218. The molecule has 0 spiro atoms. The SMILES string of the molecule is CCOc1ccc(CN=C(N)N2CCN(c3ccc(F)cc3)CC2)cc1OC. The summed E-state index contributed by atoms with van der Waals surface area (Å²) in [4.78, 5) is 8.83. The smallest absolute Gasteiger partial charge is 0.191 e. The molecule has 2 N–H and O–H groups in total. The minimum absolute atomic E-state index is 0.218. The number of piperazine rings is 1. The maximum atomic E-state index is 13.1. The van der Waals surface area contributed by atoms with Crippen molar-refractivity contribution in [2.45, 2.75) is 13.5 Å². The molecule has 1 heterocycles. The molecule has 0 aliphatic carbocycles. The fourth-order valence-corrected chi connectivity index (χ4v) is 3.20. The number of rotatable bonds is 6. The fraction of sp³-hybridized carbons (Fsp3) is 0.381. The van der Waals surface area contributed by atoms with Crippen LogP contribution < -0.4 is 20.1 Å². The molecular formula is C21H27FN4O2. The van der Waals surface area contributed by atoms with Gasteiger partial charge in [-0.3, -0.25) is 0 Å². The summed E-state index contributed by atoms with van der Waals surface area (Å²) in [5.41, 5.74) is 8.23. The monoisotopic (exact) mass is 386 g/mol. The van der Waals surface area contributed by atoms with E-state index in [1.807, 2.05) is 37.3 Å². The third kappa shape index (κ3) is 4.85. The Balaban J connectivity index is 1.56. The summed E-state index contributed by atoms with van der Waals surface area (Å²) in [7, 11) is 1.62. The topological polar surface area (TPSA) is 63.3 Å². The third-order valence-corrected chi connectivity index (χ3v) is 4.75. The van der Waals surface area contributed by atoms with Gasteiger partial charge in [-0.05, 0) is 48.9 Å². The first kappa shape index (κ1) is 19.8. The number of ether oxygens (including phenoxy) is 2.